The molecule has 1 aromatic heterocycles. The van der Waals surface area contributed by atoms with Crippen LogP contribution < -0.4 is 0 Å². The van der Waals surface area contributed by atoms with E-state index in [2.05, 4.69) is 21.2 Å². The van der Waals surface area contributed by atoms with E-state index < -0.39 is 10.8 Å². The van der Waals surface area contributed by atoms with Crippen LogP contribution in [0.3, 0.4) is 0 Å². The number of aromatic amines is 1. The van der Waals surface area contributed by atoms with Crippen LogP contribution in [0.25, 0.3) is 0 Å². The topological polar surface area (TPSA) is 49.0 Å². The molecule has 0 saturated carbocycles. The Morgan fingerprint density at radius 2 is 2.14 bits per heavy atom. The number of benzene rings is 1. The molecule has 0 bridgehead atoms. The SMILES string of the molecule is O=[S@](CCN1CCC[C@@H](c2ccn[nH]2)C1)c1ccccc1. The van der Waals surface area contributed by atoms with Gasteiger partial charge in [-0.15, -0.1) is 0 Å². The lowest BCUT2D eigenvalue weighted by molar-refractivity contribution is 0.217. The summed E-state index contributed by atoms with van der Waals surface area (Å²) in [5, 5.41) is 7.13. The molecule has 0 spiro atoms. The highest BCUT2D eigenvalue weighted by molar-refractivity contribution is 7.85. The number of nitrogens with zero attached hydrogens (tertiary/aromatic N) is 2. The highest BCUT2D eigenvalue weighted by Gasteiger charge is 2.22. The summed E-state index contributed by atoms with van der Waals surface area (Å²) >= 11 is 0. The lowest BCUT2D eigenvalue weighted by Gasteiger charge is -2.32. The van der Waals surface area contributed by atoms with Crippen LogP contribution in [-0.4, -0.2) is 44.7 Å². The molecular weight excluding hydrogens is 282 g/mol. The van der Waals surface area contributed by atoms with Gasteiger partial charge in [0.2, 0.25) is 0 Å². The Kier molecular flexibility index (Phi) is 4.83. The zero-order valence-corrected chi connectivity index (χ0v) is 12.9. The van der Waals surface area contributed by atoms with Gasteiger partial charge in [0.1, 0.15) is 0 Å². The van der Waals surface area contributed by atoms with E-state index in [1.54, 1.807) is 0 Å². The van der Waals surface area contributed by atoms with Crippen molar-refractivity contribution < 1.29 is 4.21 Å². The first-order valence-corrected chi connectivity index (χ1v) is 8.80. The summed E-state index contributed by atoms with van der Waals surface area (Å²) in [6.07, 6.45) is 4.22. The number of nitrogens with one attached hydrogen (secondary N) is 1. The third kappa shape index (κ3) is 3.80. The van der Waals surface area contributed by atoms with Crippen LogP contribution in [0.5, 0.6) is 0 Å². The van der Waals surface area contributed by atoms with E-state index in [1.807, 2.05) is 36.5 Å². The fraction of sp³-hybridized carbons (Fsp3) is 0.438. The Hall–Kier alpha value is -1.46. The average Bonchev–Trinajstić information content (AvgIpc) is 3.08. The molecule has 21 heavy (non-hydrogen) atoms. The van der Waals surface area contributed by atoms with Gasteiger partial charge < -0.3 is 4.90 Å². The third-order valence-electron chi connectivity index (χ3n) is 4.07. The van der Waals surface area contributed by atoms with Crippen molar-refractivity contribution in [3.8, 4) is 0 Å². The molecule has 2 heterocycles. The molecular formula is C16H21N3OS. The zero-order valence-electron chi connectivity index (χ0n) is 12.1. The maximum atomic E-state index is 12.3. The summed E-state index contributed by atoms with van der Waals surface area (Å²) in [6, 6.07) is 11.8. The third-order valence-corrected chi connectivity index (χ3v) is 5.42. The Morgan fingerprint density at radius 1 is 1.29 bits per heavy atom. The molecule has 0 unspecified atom stereocenters. The molecule has 3 rings (SSSR count). The van der Waals surface area contributed by atoms with Gasteiger partial charge in [0.15, 0.2) is 0 Å². The minimum atomic E-state index is -0.895. The van der Waals surface area contributed by atoms with E-state index in [0.29, 0.717) is 11.7 Å². The Labute approximate surface area is 128 Å². The number of hydrogen-bond acceptors (Lipinski definition) is 3. The first kappa shape index (κ1) is 14.5. The second kappa shape index (κ2) is 7.00. The van der Waals surface area contributed by atoms with Gasteiger partial charge in [-0.2, -0.15) is 5.10 Å². The molecule has 1 aliphatic rings. The van der Waals surface area contributed by atoms with Crippen molar-refractivity contribution in [2.24, 2.45) is 0 Å². The highest BCUT2D eigenvalue weighted by Crippen LogP contribution is 2.25. The number of hydrogen-bond donors (Lipinski definition) is 1. The van der Waals surface area contributed by atoms with Crippen molar-refractivity contribution in [2.45, 2.75) is 23.7 Å². The minimum absolute atomic E-state index is 0.534. The Bertz CT molecular complexity index is 570. The molecule has 0 aliphatic carbocycles. The maximum Gasteiger partial charge on any atom is 0.0542 e. The lowest BCUT2D eigenvalue weighted by Crippen LogP contribution is -2.37. The van der Waals surface area contributed by atoms with E-state index in [4.69, 9.17) is 0 Å². The van der Waals surface area contributed by atoms with Gasteiger partial charge in [0, 0.05) is 41.5 Å². The first-order valence-electron chi connectivity index (χ1n) is 7.48. The fourth-order valence-corrected chi connectivity index (χ4v) is 4.03. The van der Waals surface area contributed by atoms with Crippen LogP contribution in [0, 0.1) is 0 Å². The predicted octanol–water partition coefficient (Wildman–Crippen LogP) is 2.40. The molecule has 1 saturated heterocycles. The van der Waals surface area contributed by atoms with Crippen molar-refractivity contribution in [1.29, 1.82) is 0 Å². The highest BCUT2D eigenvalue weighted by atomic mass is 32.2. The Balaban J connectivity index is 1.52. The molecule has 2 atom stereocenters. The van der Waals surface area contributed by atoms with Crippen LogP contribution in [0.1, 0.15) is 24.5 Å². The van der Waals surface area contributed by atoms with Crippen LogP contribution in [0.15, 0.2) is 47.5 Å². The molecule has 2 aromatic rings. The van der Waals surface area contributed by atoms with Gasteiger partial charge in [-0.1, -0.05) is 18.2 Å². The summed E-state index contributed by atoms with van der Waals surface area (Å²) in [7, 11) is -0.895. The molecule has 1 aromatic carbocycles. The van der Waals surface area contributed by atoms with Crippen molar-refractivity contribution in [3.63, 3.8) is 0 Å². The number of likely N-dealkylation sites (tertiary alicyclic amines) is 1. The second-order valence-electron chi connectivity index (χ2n) is 5.51. The van der Waals surface area contributed by atoms with Crippen molar-refractivity contribution in [1.82, 2.24) is 15.1 Å². The average molecular weight is 303 g/mol. The first-order chi connectivity index (χ1) is 10.3. The molecule has 4 nitrogen and oxygen atoms in total. The summed E-state index contributed by atoms with van der Waals surface area (Å²) in [4.78, 5) is 3.36. The van der Waals surface area contributed by atoms with E-state index >= 15 is 0 Å². The monoisotopic (exact) mass is 303 g/mol. The molecule has 1 aliphatic heterocycles. The molecule has 112 valence electrons. The summed E-state index contributed by atoms with van der Waals surface area (Å²) in [6.45, 7) is 3.04. The zero-order chi connectivity index (χ0) is 14.5. The van der Waals surface area contributed by atoms with Crippen LogP contribution in [-0.2, 0) is 10.8 Å². The van der Waals surface area contributed by atoms with E-state index in [9.17, 15) is 4.21 Å². The smallest absolute Gasteiger partial charge is 0.0542 e. The maximum absolute atomic E-state index is 12.3. The van der Waals surface area contributed by atoms with Crippen LogP contribution in [0.2, 0.25) is 0 Å². The van der Waals surface area contributed by atoms with E-state index in [1.165, 1.54) is 18.5 Å². The van der Waals surface area contributed by atoms with Crippen LogP contribution in [0.4, 0.5) is 0 Å². The lowest BCUT2D eigenvalue weighted by atomic mass is 9.95. The number of rotatable bonds is 5. The van der Waals surface area contributed by atoms with Gasteiger partial charge in [-0.3, -0.25) is 9.31 Å². The largest absolute Gasteiger partial charge is 0.302 e. The van der Waals surface area contributed by atoms with Gasteiger partial charge in [-0.25, -0.2) is 0 Å². The fourth-order valence-electron chi connectivity index (χ4n) is 2.91. The minimum Gasteiger partial charge on any atom is -0.302 e. The van der Waals surface area contributed by atoms with Gasteiger partial charge >= 0.3 is 0 Å². The predicted molar refractivity (Wildman–Crippen MR) is 84.7 cm³/mol. The normalized spacial score (nSPS) is 21.2. The molecule has 1 fully saturated rings. The molecule has 1 N–H and O–H groups in total. The quantitative estimate of drug-likeness (QED) is 0.922. The van der Waals surface area contributed by atoms with Gasteiger partial charge in [0.25, 0.3) is 0 Å². The Morgan fingerprint density at radius 3 is 2.90 bits per heavy atom. The van der Waals surface area contributed by atoms with E-state index in [-0.39, 0.29) is 0 Å². The summed E-state index contributed by atoms with van der Waals surface area (Å²) in [5.74, 6) is 1.24. The molecule has 0 radical (unpaired) electrons. The van der Waals surface area contributed by atoms with Gasteiger partial charge in [0.05, 0.1) is 10.8 Å². The van der Waals surface area contributed by atoms with E-state index in [0.717, 1.165) is 24.5 Å². The summed E-state index contributed by atoms with van der Waals surface area (Å²) < 4.78 is 12.3. The van der Waals surface area contributed by atoms with Crippen molar-refractivity contribution in [2.75, 3.05) is 25.4 Å². The number of aromatic nitrogens is 2. The number of piperidine rings is 1. The summed E-state index contributed by atoms with van der Waals surface area (Å²) in [5.41, 5.74) is 1.23. The van der Waals surface area contributed by atoms with Crippen molar-refractivity contribution >= 4 is 10.8 Å². The van der Waals surface area contributed by atoms with Gasteiger partial charge in [-0.05, 0) is 37.6 Å². The standard InChI is InChI=1S/C16H21N3OS/c20-21(15-6-2-1-3-7-15)12-11-19-10-4-5-14(13-19)16-8-9-17-18-16/h1-3,6-9,14H,4-5,10-13H2,(H,17,18)/t14-,21-/m1/s1. The second-order valence-corrected chi connectivity index (χ2v) is 7.09. The molecule has 0 amide bonds. The number of H-pyrrole nitrogens is 1. The van der Waals surface area contributed by atoms with Crippen molar-refractivity contribution in [3.05, 3.63) is 48.3 Å². The van der Waals surface area contributed by atoms with Crippen LogP contribution >= 0.6 is 0 Å². The molecule has 5 heteroatoms.